The zero-order valence-corrected chi connectivity index (χ0v) is 12.5. The first-order valence-electron chi connectivity index (χ1n) is 7.27. The fourth-order valence-electron chi connectivity index (χ4n) is 2.37. The summed E-state index contributed by atoms with van der Waals surface area (Å²) in [5.74, 6) is 0.709. The number of rotatable bonds is 3. The van der Waals surface area contributed by atoms with E-state index in [1.165, 1.54) is 12.1 Å². The van der Waals surface area contributed by atoms with Crippen LogP contribution in [0, 0.1) is 0 Å². The molecule has 126 valence electrons. The molecule has 0 bridgehead atoms. The van der Waals surface area contributed by atoms with Gasteiger partial charge in [-0.15, -0.1) is 0 Å². The molecule has 24 heavy (non-hydrogen) atoms. The summed E-state index contributed by atoms with van der Waals surface area (Å²) in [6, 6.07) is 9.67. The van der Waals surface area contributed by atoms with E-state index in [4.69, 9.17) is 9.47 Å². The Morgan fingerprint density at radius 1 is 1.04 bits per heavy atom. The lowest BCUT2D eigenvalue weighted by molar-refractivity contribution is -0.137. The third kappa shape index (κ3) is 3.79. The van der Waals surface area contributed by atoms with Crippen molar-refractivity contribution in [3.63, 3.8) is 0 Å². The molecule has 1 heterocycles. The van der Waals surface area contributed by atoms with Crippen LogP contribution in [0.3, 0.4) is 0 Å². The summed E-state index contributed by atoms with van der Waals surface area (Å²) in [6.07, 6.45) is -4.58. The number of carbonyl (C=O) groups excluding carboxylic acids is 1. The number of fused-ring (bicyclic) bond motifs is 1. The molecule has 1 N–H and O–H groups in total. The van der Waals surface area contributed by atoms with Crippen molar-refractivity contribution >= 4 is 11.6 Å². The summed E-state index contributed by atoms with van der Waals surface area (Å²) in [5.41, 5.74) is 0.0169. The highest BCUT2D eigenvalue weighted by Gasteiger charge is 2.30. The number of alkyl halides is 3. The van der Waals surface area contributed by atoms with Crippen LogP contribution in [0.1, 0.15) is 11.1 Å². The highest BCUT2D eigenvalue weighted by Crippen LogP contribution is 2.33. The van der Waals surface area contributed by atoms with E-state index in [-0.39, 0.29) is 6.42 Å². The third-order valence-electron chi connectivity index (χ3n) is 3.44. The van der Waals surface area contributed by atoms with Crippen LogP contribution >= 0.6 is 0 Å². The first-order chi connectivity index (χ1) is 11.4. The molecule has 0 fully saturated rings. The Hall–Kier alpha value is -2.70. The van der Waals surface area contributed by atoms with Crippen LogP contribution in [0.5, 0.6) is 11.5 Å². The van der Waals surface area contributed by atoms with E-state index in [2.05, 4.69) is 5.32 Å². The van der Waals surface area contributed by atoms with Gasteiger partial charge in [-0.2, -0.15) is 13.2 Å². The summed E-state index contributed by atoms with van der Waals surface area (Å²) < 4.78 is 48.9. The van der Waals surface area contributed by atoms with Gasteiger partial charge in [-0.25, -0.2) is 0 Å². The van der Waals surface area contributed by atoms with Crippen molar-refractivity contribution in [2.45, 2.75) is 12.6 Å². The second-order valence-corrected chi connectivity index (χ2v) is 5.28. The van der Waals surface area contributed by atoms with Crippen molar-refractivity contribution in [3.05, 3.63) is 53.6 Å². The van der Waals surface area contributed by atoms with Gasteiger partial charge in [0.05, 0.1) is 12.0 Å². The maximum absolute atomic E-state index is 12.7. The van der Waals surface area contributed by atoms with Crippen molar-refractivity contribution in [2.75, 3.05) is 18.5 Å². The van der Waals surface area contributed by atoms with Crippen LogP contribution in [-0.4, -0.2) is 19.1 Å². The van der Waals surface area contributed by atoms with Gasteiger partial charge in [0, 0.05) is 11.8 Å². The molecule has 7 heteroatoms. The lowest BCUT2D eigenvalue weighted by atomic mass is 10.1. The number of benzene rings is 2. The molecule has 0 spiro atoms. The zero-order chi connectivity index (χ0) is 17.2. The Morgan fingerprint density at radius 3 is 2.54 bits per heavy atom. The minimum Gasteiger partial charge on any atom is -0.486 e. The summed E-state index contributed by atoms with van der Waals surface area (Å²) in [5, 5.41) is 2.64. The number of halogens is 3. The van der Waals surface area contributed by atoms with Crippen LogP contribution in [0.15, 0.2) is 42.5 Å². The molecule has 0 atom stereocenters. The quantitative estimate of drug-likeness (QED) is 0.930. The molecular formula is C17H14F3NO3. The van der Waals surface area contributed by atoms with Gasteiger partial charge in [0.1, 0.15) is 13.2 Å². The molecule has 0 aromatic heterocycles. The van der Waals surface area contributed by atoms with Gasteiger partial charge in [0.25, 0.3) is 0 Å². The Morgan fingerprint density at radius 2 is 1.79 bits per heavy atom. The Balaban J connectivity index is 1.68. The van der Waals surface area contributed by atoms with Crippen molar-refractivity contribution in [3.8, 4) is 11.5 Å². The standard InChI is InChI=1S/C17H14F3NO3/c18-17(19,20)12-3-1-2-11(8-12)9-16(22)21-13-4-5-14-15(10-13)24-7-6-23-14/h1-5,8,10H,6-7,9H2,(H,21,22). The molecule has 2 aromatic carbocycles. The van der Waals surface area contributed by atoms with E-state index in [9.17, 15) is 18.0 Å². The van der Waals surface area contributed by atoms with E-state index in [1.807, 2.05) is 0 Å². The highest BCUT2D eigenvalue weighted by molar-refractivity contribution is 5.92. The molecule has 0 aliphatic carbocycles. The van der Waals surface area contributed by atoms with Crippen LogP contribution < -0.4 is 14.8 Å². The number of hydrogen-bond acceptors (Lipinski definition) is 3. The first kappa shape index (κ1) is 16.2. The summed E-state index contributed by atoms with van der Waals surface area (Å²) in [4.78, 5) is 12.0. The van der Waals surface area contributed by atoms with Crippen molar-refractivity contribution < 1.29 is 27.4 Å². The first-order valence-corrected chi connectivity index (χ1v) is 7.27. The van der Waals surface area contributed by atoms with Gasteiger partial charge in [0.2, 0.25) is 5.91 Å². The predicted octanol–water partition coefficient (Wildman–Crippen LogP) is 3.66. The smallest absolute Gasteiger partial charge is 0.416 e. The van der Waals surface area contributed by atoms with Crippen LogP contribution in [-0.2, 0) is 17.4 Å². The van der Waals surface area contributed by atoms with E-state index in [1.54, 1.807) is 18.2 Å². The largest absolute Gasteiger partial charge is 0.486 e. The Labute approximate surface area is 136 Å². The Kier molecular flexibility index (Phi) is 4.33. The monoisotopic (exact) mass is 337 g/mol. The highest BCUT2D eigenvalue weighted by atomic mass is 19.4. The average Bonchev–Trinajstić information content (AvgIpc) is 2.54. The van der Waals surface area contributed by atoms with E-state index >= 15 is 0 Å². The van der Waals surface area contributed by atoms with Gasteiger partial charge in [-0.3, -0.25) is 4.79 Å². The average molecular weight is 337 g/mol. The molecule has 1 aliphatic rings. The van der Waals surface area contributed by atoms with Crippen molar-refractivity contribution in [1.29, 1.82) is 0 Å². The molecule has 1 amide bonds. The second-order valence-electron chi connectivity index (χ2n) is 5.28. The fraction of sp³-hybridized carbons (Fsp3) is 0.235. The van der Waals surface area contributed by atoms with Crippen LogP contribution in [0.2, 0.25) is 0 Å². The number of amides is 1. The van der Waals surface area contributed by atoms with Gasteiger partial charge >= 0.3 is 6.18 Å². The Bertz CT molecular complexity index is 759. The molecule has 4 nitrogen and oxygen atoms in total. The predicted molar refractivity (Wildman–Crippen MR) is 81.2 cm³/mol. The maximum atomic E-state index is 12.7. The van der Waals surface area contributed by atoms with Crippen molar-refractivity contribution in [1.82, 2.24) is 0 Å². The number of nitrogens with one attached hydrogen (secondary N) is 1. The van der Waals surface area contributed by atoms with Crippen LogP contribution in [0.4, 0.5) is 18.9 Å². The molecule has 3 rings (SSSR count). The number of carbonyl (C=O) groups is 1. The maximum Gasteiger partial charge on any atom is 0.416 e. The lowest BCUT2D eigenvalue weighted by Gasteiger charge is -2.19. The fourth-order valence-corrected chi connectivity index (χ4v) is 2.37. The topological polar surface area (TPSA) is 47.6 Å². The minimum absolute atomic E-state index is 0.154. The van der Waals surface area contributed by atoms with Gasteiger partial charge in [0.15, 0.2) is 11.5 Å². The minimum atomic E-state index is -4.43. The SMILES string of the molecule is O=C(Cc1cccc(C(F)(F)F)c1)Nc1ccc2c(c1)OCCO2. The normalized spacial score (nSPS) is 13.5. The van der Waals surface area contributed by atoms with E-state index in [0.717, 1.165) is 12.1 Å². The number of anilines is 1. The molecule has 0 saturated heterocycles. The third-order valence-corrected chi connectivity index (χ3v) is 3.44. The number of hydrogen-bond donors (Lipinski definition) is 1. The molecule has 1 aliphatic heterocycles. The molecule has 0 saturated carbocycles. The van der Waals surface area contributed by atoms with E-state index in [0.29, 0.717) is 36.0 Å². The zero-order valence-electron chi connectivity index (χ0n) is 12.5. The summed E-state index contributed by atoms with van der Waals surface area (Å²) >= 11 is 0. The molecular weight excluding hydrogens is 323 g/mol. The summed E-state index contributed by atoms with van der Waals surface area (Å²) in [6.45, 7) is 0.892. The second kappa shape index (κ2) is 6.43. The van der Waals surface area contributed by atoms with E-state index < -0.39 is 17.6 Å². The molecule has 0 radical (unpaired) electrons. The van der Waals surface area contributed by atoms with Crippen molar-refractivity contribution in [2.24, 2.45) is 0 Å². The van der Waals surface area contributed by atoms with Gasteiger partial charge in [-0.1, -0.05) is 18.2 Å². The number of ether oxygens (including phenoxy) is 2. The molecule has 0 unspecified atom stereocenters. The van der Waals surface area contributed by atoms with Crippen LogP contribution in [0.25, 0.3) is 0 Å². The van der Waals surface area contributed by atoms with Gasteiger partial charge in [-0.05, 0) is 23.8 Å². The lowest BCUT2D eigenvalue weighted by Crippen LogP contribution is -2.17. The summed E-state index contributed by atoms with van der Waals surface area (Å²) in [7, 11) is 0. The van der Waals surface area contributed by atoms with Gasteiger partial charge < -0.3 is 14.8 Å². The molecule has 2 aromatic rings.